The van der Waals surface area contributed by atoms with Crippen LogP contribution in [0.2, 0.25) is 5.15 Å². The van der Waals surface area contributed by atoms with Crippen LogP contribution in [0.4, 0.5) is 0 Å². The van der Waals surface area contributed by atoms with Gasteiger partial charge in [-0.15, -0.1) is 0 Å². The number of benzene rings is 1. The Morgan fingerprint density at radius 3 is 3.00 bits per heavy atom. The summed E-state index contributed by atoms with van der Waals surface area (Å²) in [6.45, 7) is 0. The van der Waals surface area contributed by atoms with Crippen LogP contribution in [0.25, 0.3) is 17.0 Å². The van der Waals surface area contributed by atoms with Gasteiger partial charge in [0.2, 0.25) is 0 Å². The monoisotopic (exact) mass is 296 g/mol. The van der Waals surface area contributed by atoms with Gasteiger partial charge in [-0.1, -0.05) is 45.7 Å². The average Bonchev–Trinajstić information content (AvgIpc) is 2.30. The minimum atomic E-state index is 0.501. The van der Waals surface area contributed by atoms with Crippen molar-refractivity contribution in [2.45, 2.75) is 6.42 Å². The fourth-order valence-electron chi connectivity index (χ4n) is 1.43. The Kier molecular flexibility index (Phi) is 3.91. The zero-order chi connectivity index (χ0) is 11.4. The van der Waals surface area contributed by atoms with Crippen LogP contribution in [0.15, 0.2) is 30.6 Å². The number of nitrogens with zero attached hydrogens (tertiary/aromatic N) is 2. The van der Waals surface area contributed by atoms with E-state index in [2.05, 4.69) is 38.0 Å². The third-order valence-corrected chi connectivity index (χ3v) is 2.96. The van der Waals surface area contributed by atoms with E-state index in [1.165, 1.54) is 6.33 Å². The molecule has 16 heavy (non-hydrogen) atoms. The minimum absolute atomic E-state index is 0.501. The molecule has 4 heteroatoms. The predicted octanol–water partition coefficient (Wildman–Crippen LogP) is 4.08. The van der Waals surface area contributed by atoms with Gasteiger partial charge in [0.05, 0.1) is 5.52 Å². The van der Waals surface area contributed by atoms with Crippen LogP contribution in [0.3, 0.4) is 0 Å². The molecular weight excluding hydrogens is 288 g/mol. The van der Waals surface area contributed by atoms with Crippen molar-refractivity contribution in [3.8, 4) is 0 Å². The molecule has 0 bridgehead atoms. The fourth-order valence-corrected chi connectivity index (χ4v) is 1.90. The molecule has 0 fully saturated rings. The summed E-state index contributed by atoms with van der Waals surface area (Å²) in [5.74, 6) is 0. The van der Waals surface area contributed by atoms with Crippen LogP contribution in [0.5, 0.6) is 0 Å². The fraction of sp³-hybridized carbons (Fsp3) is 0.167. The summed E-state index contributed by atoms with van der Waals surface area (Å²) >= 11 is 9.34. The van der Waals surface area contributed by atoms with Crippen LogP contribution >= 0.6 is 27.5 Å². The Morgan fingerprint density at radius 2 is 2.19 bits per heavy atom. The van der Waals surface area contributed by atoms with Gasteiger partial charge in [0.15, 0.2) is 0 Å². The molecule has 1 aromatic heterocycles. The molecule has 0 N–H and O–H groups in total. The van der Waals surface area contributed by atoms with Crippen molar-refractivity contribution >= 4 is 44.5 Å². The normalized spacial score (nSPS) is 11.4. The third-order valence-electron chi connectivity index (χ3n) is 2.20. The Hall–Kier alpha value is -0.930. The number of alkyl halides is 1. The molecule has 2 rings (SSSR count). The SMILES string of the molecule is Clc1ncnc2cc(C=CCCBr)ccc12. The molecule has 0 saturated heterocycles. The Bertz CT molecular complexity index is 525. The maximum Gasteiger partial charge on any atom is 0.140 e. The summed E-state index contributed by atoms with van der Waals surface area (Å²) in [6.07, 6.45) is 6.70. The molecule has 0 unspecified atom stereocenters. The maximum absolute atomic E-state index is 5.96. The molecule has 0 spiro atoms. The highest BCUT2D eigenvalue weighted by molar-refractivity contribution is 9.09. The summed E-state index contributed by atoms with van der Waals surface area (Å²) in [7, 11) is 0. The standard InChI is InChI=1S/C12H10BrClN2/c13-6-2-1-3-9-4-5-10-11(7-9)15-8-16-12(10)14/h1,3-5,7-8H,2,6H2. The number of aromatic nitrogens is 2. The highest BCUT2D eigenvalue weighted by Crippen LogP contribution is 2.20. The van der Waals surface area contributed by atoms with Crippen molar-refractivity contribution in [1.82, 2.24) is 9.97 Å². The third kappa shape index (κ3) is 2.60. The lowest BCUT2D eigenvalue weighted by atomic mass is 10.1. The summed E-state index contributed by atoms with van der Waals surface area (Å²) in [5, 5.41) is 2.37. The first kappa shape index (κ1) is 11.6. The predicted molar refractivity (Wildman–Crippen MR) is 72.0 cm³/mol. The van der Waals surface area contributed by atoms with Crippen LogP contribution in [0.1, 0.15) is 12.0 Å². The number of halogens is 2. The first-order chi connectivity index (χ1) is 7.81. The lowest BCUT2D eigenvalue weighted by Crippen LogP contribution is -1.84. The van der Waals surface area contributed by atoms with Crippen LogP contribution < -0.4 is 0 Å². The molecule has 2 aromatic rings. The summed E-state index contributed by atoms with van der Waals surface area (Å²) < 4.78 is 0. The van der Waals surface area contributed by atoms with E-state index < -0.39 is 0 Å². The van der Waals surface area contributed by atoms with E-state index in [-0.39, 0.29) is 0 Å². The number of hydrogen-bond acceptors (Lipinski definition) is 2. The van der Waals surface area contributed by atoms with Gasteiger partial charge in [-0.05, 0) is 24.1 Å². The zero-order valence-corrected chi connectivity index (χ0v) is 10.9. The molecule has 2 nitrogen and oxygen atoms in total. The molecule has 1 aromatic carbocycles. The van der Waals surface area contributed by atoms with E-state index in [4.69, 9.17) is 11.6 Å². The van der Waals surface area contributed by atoms with Crippen molar-refractivity contribution in [3.05, 3.63) is 41.3 Å². The van der Waals surface area contributed by atoms with Crippen molar-refractivity contribution in [2.75, 3.05) is 5.33 Å². The highest BCUT2D eigenvalue weighted by Gasteiger charge is 2.00. The largest absolute Gasteiger partial charge is 0.236 e. The molecule has 0 radical (unpaired) electrons. The molecular formula is C12H10BrClN2. The molecule has 0 aliphatic carbocycles. The molecule has 1 heterocycles. The maximum atomic E-state index is 5.96. The zero-order valence-electron chi connectivity index (χ0n) is 8.53. The first-order valence-electron chi connectivity index (χ1n) is 4.94. The van der Waals surface area contributed by atoms with Crippen molar-refractivity contribution in [2.24, 2.45) is 0 Å². The number of fused-ring (bicyclic) bond motifs is 1. The molecule has 82 valence electrons. The smallest absolute Gasteiger partial charge is 0.140 e. The van der Waals surface area contributed by atoms with Crippen molar-refractivity contribution in [3.63, 3.8) is 0 Å². The van der Waals surface area contributed by atoms with E-state index in [1.54, 1.807) is 0 Å². The van der Waals surface area contributed by atoms with Crippen LogP contribution in [-0.4, -0.2) is 15.3 Å². The van der Waals surface area contributed by atoms with E-state index in [0.717, 1.165) is 28.2 Å². The summed E-state index contributed by atoms with van der Waals surface area (Å²) in [4.78, 5) is 8.13. The average molecular weight is 298 g/mol. The number of hydrogen-bond donors (Lipinski definition) is 0. The lowest BCUT2D eigenvalue weighted by molar-refractivity contribution is 1.22. The van der Waals surface area contributed by atoms with Crippen molar-refractivity contribution < 1.29 is 0 Å². The first-order valence-corrected chi connectivity index (χ1v) is 6.44. The van der Waals surface area contributed by atoms with Crippen molar-refractivity contribution in [1.29, 1.82) is 0 Å². The minimum Gasteiger partial charge on any atom is -0.236 e. The van der Waals surface area contributed by atoms with Gasteiger partial charge in [-0.2, -0.15) is 0 Å². The number of rotatable bonds is 3. The van der Waals surface area contributed by atoms with Crippen LogP contribution in [-0.2, 0) is 0 Å². The topological polar surface area (TPSA) is 25.8 Å². The molecule has 0 saturated carbocycles. The number of allylic oxidation sites excluding steroid dienone is 1. The van der Waals surface area contributed by atoms with E-state index >= 15 is 0 Å². The van der Waals surface area contributed by atoms with E-state index in [0.29, 0.717) is 5.15 Å². The Labute approximate surface area is 107 Å². The molecule has 0 aliphatic heterocycles. The van der Waals surface area contributed by atoms with Gasteiger partial charge in [0, 0.05) is 10.7 Å². The lowest BCUT2D eigenvalue weighted by Gasteiger charge is -1.99. The van der Waals surface area contributed by atoms with Gasteiger partial charge in [-0.3, -0.25) is 0 Å². The van der Waals surface area contributed by atoms with E-state index in [9.17, 15) is 0 Å². The van der Waals surface area contributed by atoms with Crippen LogP contribution in [0, 0.1) is 0 Å². The summed E-state index contributed by atoms with van der Waals surface area (Å²) in [5.41, 5.74) is 2.00. The molecule has 0 atom stereocenters. The Balaban J connectivity index is 2.37. The molecule has 0 aliphatic rings. The second kappa shape index (κ2) is 5.41. The van der Waals surface area contributed by atoms with E-state index in [1.807, 2.05) is 18.2 Å². The van der Waals surface area contributed by atoms with Gasteiger partial charge in [0.25, 0.3) is 0 Å². The second-order valence-corrected chi connectivity index (χ2v) is 4.47. The van der Waals surface area contributed by atoms with Gasteiger partial charge in [0.1, 0.15) is 11.5 Å². The second-order valence-electron chi connectivity index (χ2n) is 3.32. The van der Waals surface area contributed by atoms with Gasteiger partial charge < -0.3 is 0 Å². The highest BCUT2D eigenvalue weighted by atomic mass is 79.9. The quantitative estimate of drug-likeness (QED) is 0.630. The Morgan fingerprint density at radius 1 is 1.31 bits per heavy atom. The summed E-state index contributed by atoms with van der Waals surface area (Å²) in [6, 6.07) is 5.97. The van der Waals surface area contributed by atoms with Gasteiger partial charge in [-0.25, -0.2) is 9.97 Å². The molecule has 0 amide bonds. The van der Waals surface area contributed by atoms with Gasteiger partial charge >= 0.3 is 0 Å².